The largest absolute Gasteiger partial charge is 0.489 e. The molecule has 1 fully saturated rings. The van der Waals surface area contributed by atoms with E-state index in [9.17, 15) is 9.59 Å². The Morgan fingerprint density at radius 1 is 1.34 bits per heavy atom. The first-order valence-corrected chi connectivity index (χ1v) is 10.9. The molecular formula is C24H27N3O5. The molecule has 0 spiro atoms. The normalized spacial score (nSPS) is 22.6. The molecule has 0 saturated heterocycles. The van der Waals surface area contributed by atoms with Gasteiger partial charge in [-0.25, -0.2) is 9.78 Å². The molecule has 8 nitrogen and oxygen atoms in total. The summed E-state index contributed by atoms with van der Waals surface area (Å²) in [7, 11) is 0. The molecule has 2 N–H and O–H groups in total. The quantitative estimate of drug-likeness (QED) is 0.750. The van der Waals surface area contributed by atoms with Gasteiger partial charge in [-0.05, 0) is 57.9 Å². The molecule has 1 aliphatic carbocycles. The minimum atomic E-state index is -0.546. The van der Waals surface area contributed by atoms with E-state index in [0.717, 1.165) is 28.9 Å². The van der Waals surface area contributed by atoms with Gasteiger partial charge in [0.2, 0.25) is 5.91 Å². The number of hydrogen-bond donors (Lipinski definition) is 2. The maximum Gasteiger partial charge on any atom is 0.407 e. The summed E-state index contributed by atoms with van der Waals surface area (Å²) >= 11 is 0. The summed E-state index contributed by atoms with van der Waals surface area (Å²) in [5.74, 6) is 2.76. The molecule has 8 heteroatoms. The van der Waals surface area contributed by atoms with Gasteiger partial charge >= 0.3 is 6.09 Å². The number of amides is 2. The summed E-state index contributed by atoms with van der Waals surface area (Å²) in [5, 5.41) is 5.71. The van der Waals surface area contributed by atoms with Crippen LogP contribution in [0.1, 0.15) is 50.3 Å². The number of aryl methyl sites for hydroxylation is 1. The van der Waals surface area contributed by atoms with Gasteiger partial charge in [-0.3, -0.25) is 4.79 Å². The van der Waals surface area contributed by atoms with Crippen molar-refractivity contribution in [3.05, 3.63) is 41.1 Å². The first-order chi connectivity index (χ1) is 15.1. The van der Waals surface area contributed by atoms with E-state index in [1.165, 1.54) is 0 Å². The molecule has 1 aromatic heterocycles. The molecule has 5 rings (SSSR count). The monoisotopic (exact) mass is 437 g/mol. The molecule has 168 valence electrons. The molecule has 2 unspecified atom stereocenters. The zero-order valence-corrected chi connectivity index (χ0v) is 18.7. The van der Waals surface area contributed by atoms with Gasteiger partial charge in [0.15, 0.2) is 0 Å². The lowest BCUT2D eigenvalue weighted by Gasteiger charge is -2.22. The topological polar surface area (TPSA) is 98.8 Å². The van der Waals surface area contributed by atoms with Gasteiger partial charge in [0.05, 0.1) is 5.41 Å². The number of rotatable bonds is 4. The summed E-state index contributed by atoms with van der Waals surface area (Å²) in [5.41, 5.74) is 2.12. The number of pyridine rings is 1. The third kappa shape index (κ3) is 3.63. The molecule has 1 saturated carbocycles. The number of alkyl carbamates (subject to hydrolysis) is 1. The highest BCUT2D eigenvalue weighted by Gasteiger charge is 2.63. The lowest BCUT2D eigenvalue weighted by molar-refractivity contribution is -0.116. The lowest BCUT2D eigenvalue weighted by atomic mass is 9.94. The van der Waals surface area contributed by atoms with Crippen molar-refractivity contribution < 1.29 is 23.8 Å². The maximum absolute atomic E-state index is 12.2. The number of hydrogen-bond acceptors (Lipinski definition) is 6. The standard InChI is InChI=1S/C24H27N3O5/c1-13-9-14(30-17-7-8-25-21-15(17)5-6-19(28)27-21)10-16-20(13)31-18-11-24(16,18)12-26-22(29)32-23(2,3)4/h7-10,18H,5-6,11-12H2,1-4H3,(H,26,29)(H,25,27,28). The van der Waals surface area contributed by atoms with Crippen LogP contribution in [0, 0.1) is 6.92 Å². The van der Waals surface area contributed by atoms with E-state index in [0.29, 0.717) is 36.7 Å². The van der Waals surface area contributed by atoms with E-state index in [2.05, 4.69) is 15.6 Å². The van der Waals surface area contributed by atoms with Crippen LogP contribution in [0.2, 0.25) is 0 Å². The molecule has 0 radical (unpaired) electrons. The molecule has 3 aliphatic rings. The van der Waals surface area contributed by atoms with Crippen molar-refractivity contribution in [2.75, 3.05) is 11.9 Å². The number of fused-ring (bicyclic) bond motifs is 4. The average Bonchev–Trinajstić information content (AvgIpc) is 3.32. The van der Waals surface area contributed by atoms with E-state index in [1.54, 1.807) is 6.20 Å². The van der Waals surface area contributed by atoms with Gasteiger partial charge in [0.25, 0.3) is 0 Å². The van der Waals surface area contributed by atoms with Crippen LogP contribution in [0.3, 0.4) is 0 Å². The van der Waals surface area contributed by atoms with Gasteiger partial charge in [-0.2, -0.15) is 0 Å². The molecule has 2 aromatic rings. The predicted molar refractivity (Wildman–Crippen MR) is 117 cm³/mol. The number of carbonyl (C=O) groups is 2. The fraction of sp³-hybridized carbons (Fsp3) is 0.458. The summed E-state index contributed by atoms with van der Waals surface area (Å²) in [6.07, 6.45) is 3.09. The van der Waals surface area contributed by atoms with Gasteiger partial charge in [-0.15, -0.1) is 0 Å². The van der Waals surface area contributed by atoms with Crippen LogP contribution in [-0.4, -0.2) is 35.2 Å². The first kappa shape index (κ1) is 20.6. The predicted octanol–water partition coefficient (Wildman–Crippen LogP) is 3.99. The number of carbonyl (C=O) groups excluding carboxylic acids is 2. The number of anilines is 1. The van der Waals surface area contributed by atoms with Crippen LogP contribution in [0.15, 0.2) is 24.4 Å². The van der Waals surface area contributed by atoms with E-state index >= 15 is 0 Å². The molecule has 2 amide bonds. The Balaban J connectivity index is 1.38. The van der Waals surface area contributed by atoms with Crippen molar-refractivity contribution >= 4 is 17.8 Å². The van der Waals surface area contributed by atoms with E-state index < -0.39 is 11.7 Å². The molecule has 32 heavy (non-hydrogen) atoms. The molecule has 1 aromatic carbocycles. The highest BCUT2D eigenvalue weighted by atomic mass is 16.6. The Labute approximate surface area is 186 Å². The maximum atomic E-state index is 12.2. The van der Waals surface area contributed by atoms with E-state index in [-0.39, 0.29) is 17.4 Å². The van der Waals surface area contributed by atoms with Crippen molar-refractivity contribution in [2.24, 2.45) is 0 Å². The zero-order chi connectivity index (χ0) is 22.7. The number of aromatic nitrogens is 1. The lowest BCUT2D eigenvalue weighted by Crippen LogP contribution is -2.37. The van der Waals surface area contributed by atoms with Crippen molar-refractivity contribution in [2.45, 2.75) is 64.1 Å². The summed E-state index contributed by atoms with van der Waals surface area (Å²) in [6.45, 7) is 7.96. The Kier molecular flexibility index (Phi) is 4.58. The van der Waals surface area contributed by atoms with Crippen molar-refractivity contribution in [3.8, 4) is 17.2 Å². The van der Waals surface area contributed by atoms with E-state index in [4.69, 9.17) is 14.2 Å². The van der Waals surface area contributed by atoms with Gasteiger partial charge in [0.1, 0.15) is 34.8 Å². The molecule has 2 atom stereocenters. The average molecular weight is 437 g/mol. The fourth-order valence-electron chi connectivity index (χ4n) is 4.48. The minimum absolute atomic E-state index is 0.0353. The summed E-state index contributed by atoms with van der Waals surface area (Å²) < 4.78 is 17.8. The second-order valence-electron chi connectivity index (χ2n) is 9.73. The Morgan fingerprint density at radius 3 is 2.94 bits per heavy atom. The third-order valence-corrected chi connectivity index (χ3v) is 6.10. The Morgan fingerprint density at radius 2 is 2.16 bits per heavy atom. The van der Waals surface area contributed by atoms with Gasteiger partial charge in [-0.1, -0.05) is 0 Å². The second kappa shape index (κ2) is 7.12. The SMILES string of the molecule is Cc1cc(Oc2ccnc3c2CCC(=O)N3)cc2c1OC1CC21CNC(=O)OC(C)(C)C. The van der Waals surface area contributed by atoms with Crippen LogP contribution < -0.4 is 20.1 Å². The van der Waals surface area contributed by atoms with Gasteiger partial charge in [0, 0.05) is 36.7 Å². The van der Waals surface area contributed by atoms with Crippen LogP contribution in [0.25, 0.3) is 0 Å². The van der Waals surface area contributed by atoms with Crippen molar-refractivity contribution in [3.63, 3.8) is 0 Å². The number of ether oxygens (including phenoxy) is 3. The van der Waals surface area contributed by atoms with Crippen LogP contribution in [0.4, 0.5) is 10.6 Å². The van der Waals surface area contributed by atoms with Gasteiger partial charge < -0.3 is 24.8 Å². The fourth-order valence-corrected chi connectivity index (χ4v) is 4.48. The Bertz CT molecular complexity index is 1120. The molecule has 0 bridgehead atoms. The van der Waals surface area contributed by atoms with Crippen molar-refractivity contribution in [1.29, 1.82) is 0 Å². The number of nitrogens with one attached hydrogen (secondary N) is 2. The Hall–Kier alpha value is -3.29. The molecule has 2 aliphatic heterocycles. The smallest absolute Gasteiger partial charge is 0.407 e. The number of nitrogens with zero attached hydrogens (tertiary/aromatic N) is 1. The van der Waals surface area contributed by atoms with E-state index in [1.807, 2.05) is 45.9 Å². The minimum Gasteiger partial charge on any atom is -0.489 e. The second-order valence-corrected chi connectivity index (χ2v) is 9.73. The first-order valence-electron chi connectivity index (χ1n) is 10.9. The molecular weight excluding hydrogens is 410 g/mol. The highest BCUT2D eigenvalue weighted by Crippen LogP contribution is 2.60. The van der Waals surface area contributed by atoms with Crippen LogP contribution in [-0.2, 0) is 21.4 Å². The van der Waals surface area contributed by atoms with Crippen molar-refractivity contribution in [1.82, 2.24) is 10.3 Å². The highest BCUT2D eigenvalue weighted by molar-refractivity contribution is 5.93. The molecule has 3 heterocycles. The zero-order valence-electron chi connectivity index (χ0n) is 18.7. The van der Waals surface area contributed by atoms with Crippen LogP contribution in [0.5, 0.6) is 17.2 Å². The number of benzene rings is 1. The van der Waals surface area contributed by atoms with Crippen LogP contribution >= 0.6 is 0 Å². The third-order valence-electron chi connectivity index (χ3n) is 6.10. The summed E-state index contributed by atoms with van der Waals surface area (Å²) in [4.78, 5) is 28.1. The summed E-state index contributed by atoms with van der Waals surface area (Å²) in [6, 6.07) is 5.77.